The van der Waals surface area contributed by atoms with Gasteiger partial charge in [-0.05, 0) is 29.9 Å². The molecule has 0 heterocycles. The molecule has 0 saturated carbocycles. The number of carbonyl (C=O) groups excluding carboxylic acids is 1. The third-order valence-electron chi connectivity index (χ3n) is 3.57. The van der Waals surface area contributed by atoms with E-state index in [1.54, 1.807) is 6.08 Å². The third-order valence-corrected chi connectivity index (χ3v) is 6.02. The van der Waals surface area contributed by atoms with E-state index >= 15 is 0 Å². The molecule has 2 heteroatoms. The second-order valence-corrected chi connectivity index (χ2v) is 7.34. The van der Waals surface area contributed by atoms with Crippen LogP contribution < -0.4 is 10.6 Å². The Kier molecular flexibility index (Phi) is 4.13. The van der Waals surface area contributed by atoms with Gasteiger partial charge in [-0.2, -0.15) is 0 Å². The predicted octanol–water partition coefficient (Wildman–Crippen LogP) is 3.78. The average Bonchev–Trinajstić information content (AvgIpc) is 2.53. The van der Waals surface area contributed by atoms with Crippen LogP contribution in [-0.2, 0) is 4.79 Å². The summed E-state index contributed by atoms with van der Waals surface area (Å²) in [6.45, 7) is 1.97. The largest absolute Gasteiger partial charge is 0.294 e. The lowest BCUT2D eigenvalue weighted by Crippen LogP contribution is -2.16. The molecule has 0 N–H and O–H groups in total. The summed E-state index contributed by atoms with van der Waals surface area (Å²) >= 11 is 0. The maximum absolute atomic E-state index is 11.7. The van der Waals surface area contributed by atoms with E-state index in [4.69, 9.17) is 0 Å². The Morgan fingerprint density at radius 2 is 1.33 bits per heavy atom. The van der Waals surface area contributed by atoms with Crippen molar-refractivity contribution in [2.45, 2.75) is 6.92 Å². The van der Waals surface area contributed by atoms with Crippen LogP contribution in [0, 0.1) is 5.92 Å². The fourth-order valence-electron chi connectivity index (χ4n) is 2.46. The van der Waals surface area contributed by atoms with E-state index in [0.717, 1.165) is 0 Å². The maximum Gasteiger partial charge on any atom is 0.162 e. The number of ketones is 1. The molecule has 1 aliphatic carbocycles. The molecule has 0 amide bonds. The van der Waals surface area contributed by atoms with Gasteiger partial charge in [0.1, 0.15) is 0 Å². The molecule has 0 saturated heterocycles. The molecule has 104 valence electrons. The van der Waals surface area contributed by atoms with Gasteiger partial charge in [0.05, 0.1) is 0 Å². The highest BCUT2D eigenvalue weighted by atomic mass is 31.1. The van der Waals surface area contributed by atoms with Gasteiger partial charge in [-0.1, -0.05) is 79.7 Å². The van der Waals surface area contributed by atoms with Gasteiger partial charge in [0.2, 0.25) is 0 Å². The van der Waals surface area contributed by atoms with Gasteiger partial charge >= 0.3 is 0 Å². The van der Waals surface area contributed by atoms with Crippen molar-refractivity contribution in [2.75, 3.05) is 0 Å². The van der Waals surface area contributed by atoms with Gasteiger partial charge in [0.15, 0.2) is 5.78 Å². The molecule has 2 aromatic carbocycles. The highest BCUT2D eigenvalue weighted by Gasteiger charge is 2.21. The van der Waals surface area contributed by atoms with E-state index in [9.17, 15) is 4.79 Å². The normalized spacial score (nSPS) is 17.9. The van der Waals surface area contributed by atoms with Gasteiger partial charge in [-0.3, -0.25) is 4.79 Å². The number of benzene rings is 2. The first kappa shape index (κ1) is 14.0. The van der Waals surface area contributed by atoms with Crippen LogP contribution in [0.15, 0.2) is 84.2 Å². The van der Waals surface area contributed by atoms with Crippen LogP contribution in [0.4, 0.5) is 0 Å². The summed E-state index contributed by atoms with van der Waals surface area (Å²) in [6.07, 6.45) is 5.84. The van der Waals surface area contributed by atoms with Gasteiger partial charge in [-0.15, -0.1) is 0 Å². The summed E-state index contributed by atoms with van der Waals surface area (Å²) in [7, 11) is -0.593. The van der Waals surface area contributed by atoms with Crippen molar-refractivity contribution in [1.29, 1.82) is 0 Å². The number of allylic oxidation sites excluding steroid dienone is 4. The SMILES string of the molecule is CC1C=C(P(c2ccccc2)c2ccccc2)C=CC1=O. The van der Waals surface area contributed by atoms with Gasteiger partial charge in [-0.25, -0.2) is 0 Å². The Morgan fingerprint density at radius 1 is 0.810 bits per heavy atom. The summed E-state index contributed by atoms with van der Waals surface area (Å²) in [5.74, 6) is 0.164. The van der Waals surface area contributed by atoms with Crippen molar-refractivity contribution in [2.24, 2.45) is 5.92 Å². The van der Waals surface area contributed by atoms with Crippen molar-refractivity contribution in [1.82, 2.24) is 0 Å². The Bertz CT molecular complexity index is 647. The Hall–Kier alpha value is -1.98. The van der Waals surface area contributed by atoms with Gasteiger partial charge in [0.25, 0.3) is 0 Å². The lowest BCUT2D eigenvalue weighted by atomic mass is 10.0. The molecule has 1 nitrogen and oxygen atoms in total. The van der Waals surface area contributed by atoms with Crippen LogP contribution in [0.1, 0.15) is 6.92 Å². The Labute approximate surface area is 126 Å². The summed E-state index contributed by atoms with van der Waals surface area (Å²) in [6, 6.07) is 21.1. The topological polar surface area (TPSA) is 17.1 Å². The monoisotopic (exact) mass is 292 g/mol. The van der Waals surface area contributed by atoms with E-state index < -0.39 is 7.92 Å². The van der Waals surface area contributed by atoms with E-state index in [0.29, 0.717) is 0 Å². The molecule has 21 heavy (non-hydrogen) atoms. The second kappa shape index (κ2) is 6.20. The molecule has 0 aromatic heterocycles. The van der Waals surface area contributed by atoms with E-state index in [2.05, 4.69) is 54.6 Å². The fraction of sp³-hybridized carbons (Fsp3) is 0.105. The minimum atomic E-state index is -0.593. The van der Waals surface area contributed by atoms with Crippen LogP contribution in [0.5, 0.6) is 0 Å². The van der Waals surface area contributed by atoms with Crippen LogP contribution >= 0.6 is 7.92 Å². The molecule has 3 rings (SSSR count). The highest BCUT2D eigenvalue weighted by Crippen LogP contribution is 2.45. The smallest absolute Gasteiger partial charge is 0.162 e. The van der Waals surface area contributed by atoms with Crippen molar-refractivity contribution in [3.8, 4) is 0 Å². The second-order valence-electron chi connectivity index (χ2n) is 5.12. The third kappa shape index (κ3) is 3.04. The molecule has 2 aromatic rings. The molecule has 1 unspecified atom stereocenters. The molecule has 0 spiro atoms. The zero-order chi connectivity index (χ0) is 14.7. The van der Waals surface area contributed by atoms with Crippen molar-refractivity contribution in [3.63, 3.8) is 0 Å². The zero-order valence-electron chi connectivity index (χ0n) is 11.9. The predicted molar refractivity (Wildman–Crippen MR) is 90.5 cm³/mol. The summed E-state index contributed by atoms with van der Waals surface area (Å²) in [4.78, 5) is 11.7. The minimum Gasteiger partial charge on any atom is -0.294 e. The van der Waals surface area contributed by atoms with Crippen LogP contribution in [0.3, 0.4) is 0 Å². The summed E-state index contributed by atoms with van der Waals surface area (Å²) < 4.78 is 0. The Morgan fingerprint density at radius 3 is 1.81 bits per heavy atom. The van der Waals surface area contributed by atoms with Crippen molar-refractivity contribution < 1.29 is 4.79 Å². The Balaban J connectivity index is 2.08. The first-order valence-electron chi connectivity index (χ1n) is 7.10. The molecule has 1 atom stereocenters. The average molecular weight is 292 g/mol. The van der Waals surface area contributed by atoms with Crippen molar-refractivity contribution in [3.05, 3.63) is 84.2 Å². The number of hydrogen-bond acceptors (Lipinski definition) is 1. The van der Waals surface area contributed by atoms with Gasteiger partial charge in [0, 0.05) is 5.92 Å². The minimum absolute atomic E-state index is 0.0255. The molecule has 0 aliphatic heterocycles. The van der Waals surface area contributed by atoms with Crippen molar-refractivity contribution >= 4 is 24.3 Å². The van der Waals surface area contributed by atoms with Crippen LogP contribution in [0.25, 0.3) is 0 Å². The number of carbonyl (C=O) groups is 1. The summed E-state index contributed by atoms with van der Waals surface area (Å²) in [5, 5.41) is 3.89. The molecule has 0 bridgehead atoms. The van der Waals surface area contributed by atoms with Crippen LogP contribution in [0.2, 0.25) is 0 Å². The van der Waals surface area contributed by atoms with E-state index in [-0.39, 0.29) is 11.7 Å². The molecular formula is C19H17OP. The zero-order valence-corrected chi connectivity index (χ0v) is 12.8. The fourth-order valence-corrected chi connectivity index (χ4v) is 4.89. The number of rotatable bonds is 3. The van der Waals surface area contributed by atoms with E-state index in [1.807, 2.05) is 25.1 Å². The molecule has 0 fully saturated rings. The molecule has 0 radical (unpaired) electrons. The lowest BCUT2D eigenvalue weighted by Gasteiger charge is -2.23. The van der Waals surface area contributed by atoms with E-state index in [1.165, 1.54) is 15.9 Å². The lowest BCUT2D eigenvalue weighted by molar-refractivity contribution is -0.116. The number of hydrogen-bond donors (Lipinski definition) is 0. The molecular weight excluding hydrogens is 275 g/mol. The maximum atomic E-state index is 11.7. The summed E-state index contributed by atoms with van der Waals surface area (Å²) in [5.41, 5.74) is 0. The quantitative estimate of drug-likeness (QED) is 0.787. The molecule has 1 aliphatic rings. The first-order valence-corrected chi connectivity index (χ1v) is 8.44. The standard InChI is InChI=1S/C19H17OP/c1-15-14-18(12-13-19(15)20)21(16-8-4-2-5-9-16)17-10-6-3-7-11-17/h2-15H,1H3. The van der Waals surface area contributed by atoms with Gasteiger partial charge < -0.3 is 0 Å². The van der Waals surface area contributed by atoms with Crippen LogP contribution in [-0.4, -0.2) is 5.78 Å². The first-order chi connectivity index (χ1) is 10.3. The highest BCUT2D eigenvalue weighted by molar-refractivity contribution is 7.77.